The van der Waals surface area contributed by atoms with Crippen LogP contribution in [0.25, 0.3) is 10.8 Å². The molecule has 1 aromatic heterocycles. The molecule has 1 atom stereocenters. The van der Waals surface area contributed by atoms with Crippen molar-refractivity contribution in [3.05, 3.63) is 96.3 Å². The number of carbonyl (C=O) groups is 2. The first-order valence-electron chi connectivity index (χ1n) is 13.0. The van der Waals surface area contributed by atoms with E-state index in [9.17, 15) is 31.2 Å². The van der Waals surface area contributed by atoms with Crippen molar-refractivity contribution in [3.8, 4) is 5.75 Å². The molecule has 1 amide bonds. The highest BCUT2D eigenvalue weighted by atomic mass is 32.2. The van der Waals surface area contributed by atoms with E-state index in [0.29, 0.717) is 24.2 Å². The standard InChI is InChI=1S/C17H19N3O.C13H9F3O5S/c1-20(11-9-13-6-4-5-10-18-13)17(21)15-12-19-16-8-3-2-7-14(15)16;1-20-10-6-7-11(9-5-3-2-4-8(9)10)22(18,19)21-12(17)13(14,15)16/h2-8,10,15,19H,9,11-12H2,1H3;2-7H,1H3. The van der Waals surface area contributed by atoms with Crippen LogP contribution in [0.3, 0.4) is 0 Å². The highest BCUT2D eigenvalue weighted by Gasteiger charge is 2.44. The molecule has 0 radical (unpaired) electrons. The molecule has 0 bridgehead atoms. The summed E-state index contributed by atoms with van der Waals surface area (Å²) >= 11 is 0. The van der Waals surface area contributed by atoms with Crippen molar-refractivity contribution in [2.24, 2.45) is 0 Å². The lowest BCUT2D eigenvalue weighted by molar-refractivity contribution is -0.189. The molecule has 2 heterocycles. The number of hydrogen-bond acceptors (Lipinski definition) is 8. The molecule has 0 spiro atoms. The fraction of sp³-hybridized carbons (Fsp3) is 0.233. The largest absolute Gasteiger partial charge is 0.496 e. The first-order chi connectivity index (χ1) is 20.4. The van der Waals surface area contributed by atoms with Gasteiger partial charge in [0, 0.05) is 54.9 Å². The number of likely N-dealkylation sites (N-methyl/N-ethyl adjacent to an activating group) is 1. The summed E-state index contributed by atoms with van der Waals surface area (Å²) in [6, 6.07) is 22.2. The van der Waals surface area contributed by atoms with Gasteiger partial charge in [0.05, 0.1) is 13.0 Å². The average molecular weight is 616 g/mol. The third-order valence-electron chi connectivity index (χ3n) is 6.69. The predicted molar refractivity (Wildman–Crippen MR) is 153 cm³/mol. The molecule has 0 saturated heterocycles. The van der Waals surface area contributed by atoms with Gasteiger partial charge in [-0.15, -0.1) is 0 Å². The van der Waals surface area contributed by atoms with Crippen molar-refractivity contribution in [2.75, 3.05) is 32.6 Å². The SMILES string of the molecule is CN(CCc1ccccn1)C(=O)C1CNc2ccccc21.COc1ccc(S(=O)(=O)OC(=O)C(F)(F)F)c2ccccc12. The second kappa shape index (κ2) is 13.1. The maximum Gasteiger partial charge on any atom is 0.492 e. The zero-order valence-corrected chi connectivity index (χ0v) is 24.0. The molecule has 43 heavy (non-hydrogen) atoms. The van der Waals surface area contributed by atoms with Gasteiger partial charge < -0.3 is 19.1 Å². The summed E-state index contributed by atoms with van der Waals surface area (Å²) in [5, 5.41) is 3.74. The Balaban J connectivity index is 0.000000197. The monoisotopic (exact) mass is 615 g/mol. The molecule has 1 N–H and O–H groups in total. The molecule has 13 heteroatoms. The molecule has 1 unspecified atom stereocenters. The number of fused-ring (bicyclic) bond motifs is 2. The van der Waals surface area contributed by atoms with Crippen molar-refractivity contribution in [3.63, 3.8) is 0 Å². The second-order valence-corrected chi connectivity index (χ2v) is 11.0. The van der Waals surface area contributed by atoms with Gasteiger partial charge in [0.1, 0.15) is 10.6 Å². The lowest BCUT2D eigenvalue weighted by Crippen LogP contribution is -2.34. The minimum absolute atomic E-state index is 0.0741. The normalized spacial score (nSPS) is 14.1. The summed E-state index contributed by atoms with van der Waals surface area (Å²) in [5.74, 6) is -2.37. The first kappa shape index (κ1) is 31.3. The van der Waals surface area contributed by atoms with Crippen molar-refractivity contribution < 1.29 is 40.1 Å². The Kier molecular flexibility index (Phi) is 9.54. The smallest absolute Gasteiger partial charge is 0.492 e. The van der Waals surface area contributed by atoms with Crippen molar-refractivity contribution in [1.82, 2.24) is 9.88 Å². The molecular formula is C30H28F3N3O6S. The number of alkyl halides is 3. The zero-order chi connectivity index (χ0) is 31.2. The number of benzene rings is 3. The minimum Gasteiger partial charge on any atom is -0.496 e. The number of halogens is 3. The van der Waals surface area contributed by atoms with E-state index in [-0.39, 0.29) is 17.2 Å². The van der Waals surface area contributed by atoms with Gasteiger partial charge in [-0.2, -0.15) is 21.6 Å². The molecule has 3 aromatic carbocycles. The van der Waals surface area contributed by atoms with Crippen LogP contribution < -0.4 is 10.1 Å². The van der Waals surface area contributed by atoms with E-state index in [1.165, 1.54) is 31.4 Å². The summed E-state index contributed by atoms with van der Waals surface area (Å²) in [7, 11) is -1.69. The summed E-state index contributed by atoms with van der Waals surface area (Å²) in [6.07, 6.45) is -2.84. The number of anilines is 1. The van der Waals surface area contributed by atoms with E-state index in [2.05, 4.69) is 14.5 Å². The molecule has 0 saturated carbocycles. The van der Waals surface area contributed by atoms with E-state index in [4.69, 9.17) is 4.74 Å². The highest BCUT2D eigenvalue weighted by molar-refractivity contribution is 7.87. The van der Waals surface area contributed by atoms with Crippen LogP contribution in [0.5, 0.6) is 5.75 Å². The fourth-order valence-electron chi connectivity index (χ4n) is 4.54. The van der Waals surface area contributed by atoms with Gasteiger partial charge in [0.2, 0.25) is 5.91 Å². The maximum absolute atomic E-state index is 12.6. The molecule has 9 nitrogen and oxygen atoms in total. The topological polar surface area (TPSA) is 115 Å². The van der Waals surface area contributed by atoms with Gasteiger partial charge >= 0.3 is 22.3 Å². The van der Waals surface area contributed by atoms with Gasteiger partial charge in [-0.05, 0) is 35.9 Å². The maximum atomic E-state index is 12.6. The van der Waals surface area contributed by atoms with E-state index in [1.54, 1.807) is 12.3 Å². The van der Waals surface area contributed by atoms with E-state index >= 15 is 0 Å². The van der Waals surface area contributed by atoms with E-state index in [1.807, 2.05) is 54.4 Å². The molecule has 226 valence electrons. The number of pyridine rings is 1. The number of nitrogens with zero attached hydrogens (tertiary/aromatic N) is 2. The van der Waals surface area contributed by atoms with Crippen molar-refractivity contribution >= 4 is 38.5 Å². The molecular weight excluding hydrogens is 587 g/mol. The molecule has 1 aliphatic rings. The van der Waals surface area contributed by atoms with Crippen LogP contribution in [0, 0.1) is 0 Å². The Morgan fingerprint density at radius 3 is 2.33 bits per heavy atom. The number of nitrogens with one attached hydrogen (secondary N) is 1. The van der Waals surface area contributed by atoms with E-state index < -0.39 is 27.2 Å². The first-order valence-corrected chi connectivity index (χ1v) is 14.4. The van der Waals surface area contributed by atoms with Gasteiger partial charge in [-0.25, -0.2) is 4.79 Å². The van der Waals surface area contributed by atoms with Crippen molar-refractivity contribution in [1.29, 1.82) is 0 Å². The third-order valence-corrected chi connectivity index (χ3v) is 7.95. The number of aromatic nitrogens is 1. The number of methoxy groups -OCH3 is 1. The van der Waals surface area contributed by atoms with Crippen LogP contribution in [0.1, 0.15) is 17.2 Å². The second-order valence-electron chi connectivity index (χ2n) is 9.49. The summed E-state index contributed by atoms with van der Waals surface area (Å²) in [5.41, 5.74) is 3.20. The zero-order valence-electron chi connectivity index (χ0n) is 23.2. The quantitative estimate of drug-likeness (QED) is 0.291. The van der Waals surface area contributed by atoms with Crippen LogP contribution >= 0.6 is 0 Å². The van der Waals surface area contributed by atoms with Crippen LogP contribution in [0.4, 0.5) is 18.9 Å². The van der Waals surface area contributed by atoms with Gasteiger partial charge in [0.25, 0.3) is 0 Å². The van der Waals surface area contributed by atoms with Crippen LogP contribution in [-0.2, 0) is 30.3 Å². The van der Waals surface area contributed by atoms with Crippen molar-refractivity contribution in [2.45, 2.75) is 23.4 Å². The van der Waals surface area contributed by atoms with Crippen LogP contribution in [0.15, 0.2) is 90.0 Å². The number of para-hydroxylation sites is 1. The van der Waals surface area contributed by atoms with Crippen LogP contribution in [0.2, 0.25) is 0 Å². The fourth-order valence-corrected chi connectivity index (χ4v) is 5.61. The number of ether oxygens (including phenoxy) is 1. The average Bonchev–Trinajstić information content (AvgIpc) is 3.43. The van der Waals surface area contributed by atoms with Crippen LogP contribution in [-0.4, -0.2) is 63.6 Å². The number of hydrogen-bond donors (Lipinski definition) is 1. The Hall–Kier alpha value is -4.65. The number of amides is 1. The third kappa shape index (κ3) is 7.41. The molecule has 0 aliphatic carbocycles. The molecule has 1 aliphatic heterocycles. The van der Waals surface area contributed by atoms with Gasteiger partial charge in [-0.3, -0.25) is 9.78 Å². The van der Waals surface area contributed by atoms with Gasteiger partial charge in [-0.1, -0.05) is 48.5 Å². The van der Waals surface area contributed by atoms with E-state index in [0.717, 1.165) is 29.4 Å². The highest BCUT2D eigenvalue weighted by Crippen LogP contribution is 2.33. The summed E-state index contributed by atoms with van der Waals surface area (Å²) in [6.45, 7) is 1.38. The Labute approximate surface area is 246 Å². The lowest BCUT2D eigenvalue weighted by atomic mass is 10.00. The minimum atomic E-state index is -5.41. The Morgan fingerprint density at radius 2 is 1.65 bits per heavy atom. The molecule has 0 fully saturated rings. The summed E-state index contributed by atoms with van der Waals surface area (Å²) < 4.78 is 69.0. The lowest BCUT2D eigenvalue weighted by Gasteiger charge is -2.21. The Morgan fingerprint density at radius 1 is 0.977 bits per heavy atom. The number of rotatable bonds is 7. The summed E-state index contributed by atoms with van der Waals surface area (Å²) in [4.78, 5) is 28.9. The predicted octanol–water partition coefficient (Wildman–Crippen LogP) is 4.93. The Bertz CT molecular complexity index is 1720. The molecule has 4 aromatic rings. The molecule has 5 rings (SSSR count). The van der Waals surface area contributed by atoms with Gasteiger partial charge in [0.15, 0.2) is 0 Å². The number of carbonyl (C=O) groups excluding carboxylic acids is 2.